The summed E-state index contributed by atoms with van der Waals surface area (Å²) in [7, 11) is 0. The van der Waals surface area contributed by atoms with Crippen LogP contribution in [0.3, 0.4) is 0 Å². The number of aromatic nitrogens is 6. The number of pyridine rings is 1. The maximum absolute atomic E-state index is 13.0. The highest BCUT2D eigenvalue weighted by molar-refractivity contribution is 5.89. The van der Waals surface area contributed by atoms with E-state index in [2.05, 4.69) is 20.4 Å². The molecule has 0 aliphatic carbocycles. The van der Waals surface area contributed by atoms with Crippen LogP contribution in [0.15, 0.2) is 76.4 Å². The van der Waals surface area contributed by atoms with Crippen molar-refractivity contribution < 1.29 is 0 Å². The number of fused-ring (bicyclic) bond motifs is 2. The smallest absolute Gasteiger partial charge is 0.285 e. The SMILES string of the molecule is O=c1[nH]ccc2c(-n3nnc4ccccc43)nn(-c3ccccc3)c(=O)c12. The summed E-state index contributed by atoms with van der Waals surface area (Å²) in [5.41, 5.74) is 0.999. The largest absolute Gasteiger partial charge is 0.328 e. The maximum atomic E-state index is 13.0. The second-order valence-electron chi connectivity index (χ2n) is 5.96. The Labute approximate surface area is 151 Å². The van der Waals surface area contributed by atoms with E-state index in [9.17, 15) is 9.59 Å². The second kappa shape index (κ2) is 5.73. The Morgan fingerprint density at radius 2 is 1.63 bits per heavy atom. The molecule has 8 heteroatoms. The highest BCUT2D eigenvalue weighted by Crippen LogP contribution is 2.20. The molecule has 0 aliphatic rings. The summed E-state index contributed by atoms with van der Waals surface area (Å²) in [5.74, 6) is 0.355. The molecule has 8 nitrogen and oxygen atoms in total. The molecule has 0 atom stereocenters. The molecule has 0 saturated heterocycles. The van der Waals surface area contributed by atoms with Crippen LogP contribution in [0.2, 0.25) is 0 Å². The molecule has 0 aliphatic heterocycles. The van der Waals surface area contributed by atoms with Crippen LogP contribution in [0.1, 0.15) is 0 Å². The van der Waals surface area contributed by atoms with Crippen molar-refractivity contribution in [3.05, 3.63) is 87.6 Å². The van der Waals surface area contributed by atoms with Crippen LogP contribution in [0.5, 0.6) is 0 Å². The van der Waals surface area contributed by atoms with Crippen LogP contribution < -0.4 is 11.1 Å². The van der Waals surface area contributed by atoms with Crippen molar-refractivity contribution in [2.45, 2.75) is 0 Å². The van der Waals surface area contributed by atoms with Crippen molar-refractivity contribution in [2.75, 3.05) is 0 Å². The Bertz CT molecular complexity index is 1420. The number of rotatable bonds is 2. The van der Waals surface area contributed by atoms with E-state index in [1.807, 2.05) is 30.3 Å². The minimum absolute atomic E-state index is 0.0194. The molecule has 130 valence electrons. The van der Waals surface area contributed by atoms with Crippen molar-refractivity contribution in [3.8, 4) is 11.5 Å². The number of aromatic amines is 1. The molecule has 3 aromatic heterocycles. The third-order valence-corrected chi connectivity index (χ3v) is 4.36. The molecule has 5 rings (SSSR count). The zero-order valence-corrected chi connectivity index (χ0v) is 13.9. The molecule has 0 unspecified atom stereocenters. The van der Waals surface area contributed by atoms with Crippen molar-refractivity contribution in [1.29, 1.82) is 0 Å². The third kappa shape index (κ3) is 2.27. The zero-order chi connectivity index (χ0) is 18.4. The molecule has 5 aromatic rings. The van der Waals surface area contributed by atoms with Crippen molar-refractivity contribution in [3.63, 3.8) is 0 Å². The quantitative estimate of drug-likeness (QED) is 0.520. The molecule has 3 heterocycles. The van der Waals surface area contributed by atoms with Gasteiger partial charge in [0.05, 0.1) is 11.2 Å². The van der Waals surface area contributed by atoms with Gasteiger partial charge in [0.1, 0.15) is 10.9 Å². The van der Waals surface area contributed by atoms with Crippen LogP contribution in [-0.4, -0.2) is 29.8 Å². The minimum Gasteiger partial charge on any atom is -0.328 e. The first-order valence-corrected chi connectivity index (χ1v) is 8.25. The maximum Gasteiger partial charge on any atom is 0.285 e. The average molecular weight is 356 g/mol. The number of H-pyrrole nitrogens is 1. The monoisotopic (exact) mass is 356 g/mol. The van der Waals surface area contributed by atoms with Gasteiger partial charge in [-0.15, -0.1) is 10.2 Å². The van der Waals surface area contributed by atoms with E-state index in [0.29, 0.717) is 22.4 Å². The van der Waals surface area contributed by atoms with Crippen LogP contribution >= 0.6 is 0 Å². The van der Waals surface area contributed by atoms with Gasteiger partial charge in [-0.3, -0.25) is 9.59 Å². The van der Waals surface area contributed by atoms with E-state index in [-0.39, 0.29) is 5.39 Å². The van der Waals surface area contributed by atoms with E-state index >= 15 is 0 Å². The fraction of sp³-hybridized carbons (Fsp3) is 0. The first-order valence-electron chi connectivity index (χ1n) is 8.25. The molecule has 0 saturated carbocycles. The van der Waals surface area contributed by atoms with Gasteiger partial charge in [0.2, 0.25) is 0 Å². The Balaban J connectivity index is 1.95. The topological polar surface area (TPSA) is 98.5 Å². The third-order valence-electron chi connectivity index (χ3n) is 4.36. The molecule has 0 bridgehead atoms. The number of nitrogens with one attached hydrogen (secondary N) is 1. The Morgan fingerprint density at radius 3 is 2.48 bits per heavy atom. The lowest BCUT2D eigenvalue weighted by Gasteiger charge is -2.10. The zero-order valence-electron chi connectivity index (χ0n) is 13.9. The van der Waals surface area contributed by atoms with E-state index in [1.54, 1.807) is 30.3 Å². The standard InChI is InChI=1S/C19H12N6O2/c26-18-16-13(10-11-20-18)17(25-15-9-5-4-8-14(15)21-23-25)22-24(19(16)27)12-6-2-1-3-7-12/h1-11H,(H,20,26). The first-order chi connectivity index (χ1) is 13.2. The summed E-state index contributed by atoms with van der Waals surface area (Å²) in [4.78, 5) is 28.0. The molecule has 0 amide bonds. The van der Waals surface area contributed by atoms with Gasteiger partial charge >= 0.3 is 0 Å². The van der Waals surface area contributed by atoms with Gasteiger partial charge < -0.3 is 4.98 Å². The number of nitrogens with zero attached hydrogens (tertiary/aromatic N) is 5. The molecule has 1 N–H and O–H groups in total. The molecule has 0 fully saturated rings. The van der Waals surface area contributed by atoms with Crippen LogP contribution in [0.4, 0.5) is 0 Å². The summed E-state index contributed by atoms with van der Waals surface area (Å²) in [6.45, 7) is 0. The molecular weight excluding hydrogens is 344 g/mol. The van der Waals surface area contributed by atoms with Crippen molar-refractivity contribution >= 4 is 21.8 Å². The average Bonchev–Trinajstić information content (AvgIpc) is 3.13. The lowest BCUT2D eigenvalue weighted by Crippen LogP contribution is -2.28. The van der Waals surface area contributed by atoms with Crippen LogP contribution in [0.25, 0.3) is 33.3 Å². The fourth-order valence-corrected chi connectivity index (χ4v) is 3.10. The van der Waals surface area contributed by atoms with Gasteiger partial charge in [0, 0.05) is 11.6 Å². The van der Waals surface area contributed by atoms with Crippen molar-refractivity contribution in [1.82, 2.24) is 29.8 Å². The summed E-state index contributed by atoms with van der Waals surface area (Å²) in [6.07, 6.45) is 1.49. The lowest BCUT2D eigenvalue weighted by molar-refractivity contribution is 0.738. The summed E-state index contributed by atoms with van der Waals surface area (Å²) < 4.78 is 2.75. The highest BCUT2D eigenvalue weighted by atomic mass is 16.1. The highest BCUT2D eigenvalue weighted by Gasteiger charge is 2.18. The van der Waals surface area contributed by atoms with Gasteiger partial charge in [0.25, 0.3) is 11.1 Å². The predicted molar refractivity (Wildman–Crippen MR) is 100 cm³/mol. The molecule has 0 spiro atoms. The lowest BCUT2D eigenvalue weighted by atomic mass is 10.2. The first kappa shape index (κ1) is 15.2. The summed E-state index contributed by atoms with van der Waals surface area (Å²) in [6, 6.07) is 18.0. The second-order valence-corrected chi connectivity index (χ2v) is 5.96. The Hall–Kier alpha value is -4.07. The van der Waals surface area contributed by atoms with Gasteiger partial charge in [-0.1, -0.05) is 35.5 Å². The minimum atomic E-state index is -0.494. The predicted octanol–water partition coefficient (Wildman–Crippen LogP) is 1.81. The van der Waals surface area contributed by atoms with Crippen LogP contribution in [-0.2, 0) is 0 Å². The molecular formula is C19H12N6O2. The number of hydrogen-bond acceptors (Lipinski definition) is 5. The summed E-state index contributed by atoms with van der Waals surface area (Å²) in [5, 5.41) is 13.3. The molecule has 2 aromatic carbocycles. The summed E-state index contributed by atoms with van der Waals surface area (Å²) >= 11 is 0. The van der Waals surface area contributed by atoms with Crippen molar-refractivity contribution in [2.24, 2.45) is 0 Å². The van der Waals surface area contributed by atoms with Gasteiger partial charge in [0.15, 0.2) is 5.82 Å². The van der Waals surface area contributed by atoms with Gasteiger partial charge in [-0.2, -0.15) is 9.36 Å². The normalized spacial score (nSPS) is 11.3. The Morgan fingerprint density at radius 1 is 0.852 bits per heavy atom. The van der Waals surface area contributed by atoms with Crippen LogP contribution in [0, 0.1) is 0 Å². The van der Waals surface area contributed by atoms with Gasteiger partial charge in [-0.05, 0) is 30.3 Å². The Kier molecular flexibility index (Phi) is 3.23. The number of benzene rings is 2. The molecule has 0 radical (unpaired) electrons. The van der Waals surface area contributed by atoms with E-state index in [0.717, 1.165) is 5.52 Å². The molecule has 27 heavy (non-hydrogen) atoms. The van der Waals surface area contributed by atoms with Gasteiger partial charge in [-0.25, -0.2) is 0 Å². The van der Waals surface area contributed by atoms with E-state index < -0.39 is 11.1 Å². The number of hydrogen-bond donors (Lipinski definition) is 1. The number of para-hydroxylation sites is 2. The van der Waals surface area contributed by atoms with E-state index in [1.165, 1.54) is 15.6 Å². The van der Waals surface area contributed by atoms with E-state index in [4.69, 9.17) is 0 Å². The fourth-order valence-electron chi connectivity index (χ4n) is 3.10.